The molecule has 2 nitrogen and oxygen atoms in total. The molecule has 4 rings (SSSR count). The topological polar surface area (TPSA) is 17.0 Å². The van der Waals surface area contributed by atoms with Gasteiger partial charge in [-0.1, -0.05) is 24.3 Å². The quantitative estimate of drug-likeness (QED) is 0.727. The van der Waals surface area contributed by atoms with Crippen molar-refractivity contribution in [1.29, 1.82) is 0 Å². The third-order valence-corrected chi connectivity index (χ3v) is 4.02. The van der Waals surface area contributed by atoms with Crippen LogP contribution in [0.2, 0.25) is 0 Å². The van der Waals surface area contributed by atoms with E-state index in [1.165, 1.54) is 35.4 Å². The monoisotopic (exact) mass is 224 g/mol. The molecule has 1 aliphatic heterocycles. The van der Waals surface area contributed by atoms with Crippen molar-refractivity contribution in [3.05, 3.63) is 47.2 Å². The van der Waals surface area contributed by atoms with Gasteiger partial charge in [-0.25, -0.2) is 0 Å². The molecule has 1 N–H and O–H groups in total. The summed E-state index contributed by atoms with van der Waals surface area (Å²) in [5, 5.41) is 3.45. The predicted octanol–water partition coefficient (Wildman–Crippen LogP) is 2.36. The second-order valence-electron chi connectivity index (χ2n) is 5.00. The first-order valence-electron chi connectivity index (χ1n) is 6.44. The van der Waals surface area contributed by atoms with Gasteiger partial charge in [0.25, 0.3) is 0 Å². The number of hydrogen-bond acceptors (Lipinski definition) is 1. The van der Waals surface area contributed by atoms with Gasteiger partial charge in [0.15, 0.2) is 0 Å². The van der Waals surface area contributed by atoms with Gasteiger partial charge >= 0.3 is 0 Å². The van der Waals surface area contributed by atoms with Crippen LogP contribution in [0.3, 0.4) is 0 Å². The van der Waals surface area contributed by atoms with Gasteiger partial charge in [-0.3, -0.25) is 0 Å². The van der Waals surface area contributed by atoms with Gasteiger partial charge in [0.2, 0.25) is 0 Å². The smallest absolute Gasteiger partial charge is 0.0518 e. The Morgan fingerprint density at radius 1 is 1.06 bits per heavy atom. The summed E-state index contributed by atoms with van der Waals surface area (Å²) in [5.74, 6) is 0. The van der Waals surface area contributed by atoms with Crippen LogP contribution in [0.5, 0.6) is 0 Å². The highest BCUT2D eigenvalue weighted by molar-refractivity contribution is 5.71. The van der Waals surface area contributed by atoms with Crippen molar-refractivity contribution in [2.24, 2.45) is 0 Å². The third-order valence-electron chi connectivity index (χ3n) is 4.02. The predicted molar refractivity (Wildman–Crippen MR) is 69.0 cm³/mol. The molecule has 2 aliphatic rings. The average molecular weight is 224 g/mol. The summed E-state index contributed by atoms with van der Waals surface area (Å²) < 4.78 is 2.52. The number of nitrogens with zero attached hydrogens (tertiary/aromatic N) is 1. The van der Waals surface area contributed by atoms with E-state index in [0.29, 0.717) is 0 Å². The average Bonchev–Trinajstić information content (AvgIpc) is 2.77. The fourth-order valence-electron chi connectivity index (χ4n) is 3.22. The maximum absolute atomic E-state index is 3.45. The SMILES string of the molecule is c1ccc2c(c1)CCc1cc3n(c1-2)CCNC3. The van der Waals surface area contributed by atoms with Gasteiger partial charge in [0.05, 0.1) is 5.69 Å². The van der Waals surface area contributed by atoms with Crippen LogP contribution in [-0.4, -0.2) is 11.1 Å². The lowest BCUT2D eigenvalue weighted by Gasteiger charge is -2.23. The molecule has 2 aromatic rings. The number of nitrogens with one attached hydrogen (secondary N) is 1. The van der Waals surface area contributed by atoms with E-state index in [4.69, 9.17) is 0 Å². The maximum Gasteiger partial charge on any atom is 0.0518 e. The number of aryl methyl sites for hydroxylation is 2. The minimum absolute atomic E-state index is 1.02. The Bertz CT molecular complexity index is 581. The van der Waals surface area contributed by atoms with Crippen molar-refractivity contribution in [2.45, 2.75) is 25.9 Å². The van der Waals surface area contributed by atoms with Crippen LogP contribution in [-0.2, 0) is 25.9 Å². The van der Waals surface area contributed by atoms with Crippen LogP contribution in [0, 0.1) is 0 Å². The van der Waals surface area contributed by atoms with E-state index in [0.717, 1.165) is 19.6 Å². The molecule has 86 valence electrons. The van der Waals surface area contributed by atoms with Gasteiger partial charge in [0, 0.05) is 30.9 Å². The zero-order chi connectivity index (χ0) is 11.2. The van der Waals surface area contributed by atoms with Gasteiger partial charge < -0.3 is 9.88 Å². The molecule has 0 atom stereocenters. The Morgan fingerprint density at radius 3 is 2.94 bits per heavy atom. The molecule has 0 amide bonds. The Hall–Kier alpha value is -1.54. The minimum atomic E-state index is 1.02. The summed E-state index contributed by atoms with van der Waals surface area (Å²) in [6.07, 6.45) is 2.40. The van der Waals surface area contributed by atoms with Crippen molar-refractivity contribution in [2.75, 3.05) is 6.54 Å². The summed E-state index contributed by atoms with van der Waals surface area (Å²) in [6.45, 7) is 3.23. The van der Waals surface area contributed by atoms with E-state index in [1.54, 1.807) is 5.56 Å². The molecule has 0 unspecified atom stereocenters. The van der Waals surface area contributed by atoms with Crippen molar-refractivity contribution in [1.82, 2.24) is 9.88 Å². The first-order chi connectivity index (χ1) is 8.43. The highest BCUT2D eigenvalue weighted by Gasteiger charge is 2.23. The molecule has 0 radical (unpaired) electrons. The number of hydrogen-bond donors (Lipinski definition) is 1. The molecule has 1 aromatic carbocycles. The molecule has 17 heavy (non-hydrogen) atoms. The van der Waals surface area contributed by atoms with E-state index in [9.17, 15) is 0 Å². The van der Waals surface area contributed by atoms with E-state index in [2.05, 4.69) is 40.2 Å². The zero-order valence-corrected chi connectivity index (χ0v) is 9.87. The van der Waals surface area contributed by atoms with Gasteiger partial charge in [-0.2, -0.15) is 0 Å². The number of aromatic nitrogens is 1. The highest BCUT2D eigenvalue weighted by atomic mass is 15.1. The fourth-order valence-corrected chi connectivity index (χ4v) is 3.22. The Labute approximate surface area is 101 Å². The molecule has 0 spiro atoms. The van der Waals surface area contributed by atoms with Crippen LogP contribution in [0.1, 0.15) is 16.8 Å². The lowest BCUT2D eigenvalue weighted by molar-refractivity contribution is 0.519. The molecule has 0 bridgehead atoms. The van der Waals surface area contributed by atoms with Crippen molar-refractivity contribution in [3.8, 4) is 11.3 Å². The van der Waals surface area contributed by atoms with E-state index in [1.807, 2.05) is 0 Å². The largest absolute Gasteiger partial charge is 0.342 e. The van der Waals surface area contributed by atoms with Crippen LogP contribution in [0.25, 0.3) is 11.3 Å². The number of fused-ring (bicyclic) bond motifs is 5. The molecule has 1 aliphatic carbocycles. The number of rotatable bonds is 0. The standard InChI is InChI=1S/C15H16N2/c1-2-4-14-11(3-1)5-6-12-9-13-10-16-7-8-17(13)15(12)14/h1-4,9,16H,5-8,10H2. The van der Waals surface area contributed by atoms with Gasteiger partial charge in [0.1, 0.15) is 0 Å². The van der Waals surface area contributed by atoms with Crippen LogP contribution < -0.4 is 5.32 Å². The summed E-state index contributed by atoms with van der Waals surface area (Å²) in [4.78, 5) is 0. The molecular formula is C15H16N2. The summed E-state index contributed by atoms with van der Waals surface area (Å²) >= 11 is 0. The molecule has 0 saturated carbocycles. The van der Waals surface area contributed by atoms with Crippen LogP contribution in [0.4, 0.5) is 0 Å². The lowest BCUT2D eigenvalue weighted by atomic mass is 9.90. The summed E-state index contributed by atoms with van der Waals surface area (Å²) in [7, 11) is 0. The van der Waals surface area contributed by atoms with Gasteiger partial charge in [-0.15, -0.1) is 0 Å². The highest BCUT2D eigenvalue weighted by Crippen LogP contribution is 2.36. The Balaban J connectivity index is 1.99. The van der Waals surface area contributed by atoms with Crippen LogP contribution in [0.15, 0.2) is 30.3 Å². The first-order valence-corrected chi connectivity index (χ1v) is 6.44. The van der Waals surface area contributed by atoms with E-state index < -0.39 is 0 Å². The molecular weight excluding hydrogens is 208 g/mol. The number of benzene rings is 1. The first kappa shape index (κ1) is 9.49. The maximum atomic E-state index is 3.45. The molecule has 2 heteroatoms. The fraction of sp³-hybridized carbons (Fsp3) is 0.333. The van der Waals surface area contributed by atoms with E-state index >= 15 is 0 Å². The summed E-state index contributed by atoms with van der Waals surface area (Å²) in [6, 6.07) is 11.3. The van der Waals surface area contributed by atoms with Crippen molar-refractivity contribution < 1.29 is 0 Å². The lowest BCUT2D eigenvalue weighted by Crippen LogP contribution is -2.28. The minimum Gasteiger partial charge on any atom is -0.342 e. The van der Waals surface area contributed by atoms with Crippen LogP contribution >= 0.6 is 0 Å². The molecule has 1 aromatic heterocycles. The normalized spacial score (nSPS) is 17.2. The van der Waals surface area contributed by atoms with E-state index in [-0.39, 0.29) is 0 Å². The molecule has 2 heterocycles. The van der Waals surface area contributed by atoms with Crippen molar-refractivity contribution >= 4 is 0 Å². The Morgan fingerprint density at radius 2 is 1.94 bits per heavy atom. The zero-order valence-electron chi connectivity index (χ0n) is 9.87. The molecule has 0 saturated heterocycles. The summed E-state index contributed by atoms with van der Waals surface area (Å²) in [5.41, 5.74) is 7.46. The second kappa shape index (κ2) is 3.47. The second-order valence-corrected chi connectivity index (χ2v) is 5.00. The van der Waals surface area contributed by atoms with Gasteiger partial charge in [-0.05, 0) is 30.0 Å². The third kappa shape index (κ3) is 1.31. The Kier molecular flexibility index (Phi) is 1.94. The molecule has 0 fully saturated rings. The van der Waals surface area contributed by atoms with Crippen molar-refractivity contribution in [3.63, 3.8) is 0 Å².